The lowest BCUT2D eigenvalue weighted by atomic mass is 9.88. The number of tetrazole rings is 1. The van der Waals surface area contributed by atoms with Gasteiger partial charge in [-0.2, -0.15) is 0 Å². The summed E-state index contributed by atoms with van der Waals surface area (Å²) < 4.78 is 20.7. The Hall–Kier alpha value is -4.06. The number of nitrogens with one attached hydrogen (secondary N) is 2. The molecule has 2 aliphatic heterocycles. The normalized spacial score (nSPS) is 20.9. The van der Waals surface area contributed by atoms with Gasteiger partial charge in [0.25, 0.3) is 0 Å². The number of urea groups is 1. The van der Waals surface area contributed by atoms with Crippen LogP contribution in [0.2, 0.25) is 0 Å². The van der Waals surface area contributed by atoms with E-state index < -0.39 is 5.60 Å². The minimum Gasteiger partial charge on any atom is -0.444 e. The second-order valence-corrected chi connectivity index (χ2v) is 13.5. The molecule has 0 spiro atoms. The molecule has 2 aromatic carbocycles. The van der Waals surface area contributed by atoms with E-state index in [0.717, 1.165) is 55.6 Å². The Bertz CT molecular complexity index is 1470. The maximum Gasteiger partial charge on any atom is 0.410 e. The van der Waals surface area contributed by atoms with Gasteiger partial charge in [-0.15, -0.1) is 5.10 Å². The molecular formula is C33H45FN8O3. The van der Waals surface area contributed by atoms with E-state index in [2.05, 4.69) is 31.1 Å². The molecule has 2 aliphatic rings. The predicted octanol–water partition coefficient (Wildman–Crippen LogP) is 5.03. The molecular weight excluding hydrogens is 575 g/mol. The standard InChI is InChI=1S/C33H45FN8O3/c1-22-15-25(30-37-38-39-40(30)5)18-28(16-22)35-31(43)36-29-12-14-42(32(44)45-33(2,3)4)21-26(29)20-41-13-6-7-24(19-41)17-23-8-10-27(34)11-9-23/h8-11,15-16,18,24,26,29H,6-7,12-14,17,19-21H2,1-5H3,(H2,35,36,43)/t24?,26-,29-/m1/s1. The summed E-state index contributed by atoms with van der Waals surface area (Å²) in [5.74, 6) is 0.864. The van der Waals surface area contributed by atoms with Gasteiger partial charge in [0, 0.05) is 56.4 Å². The van der Waals surface area contributed by atoms with E-state index in [1.165, 1.54) is 12.1 Å². The van der Waals surface area contributed by atoms with Gasteiger partial charge in [0.15, 0.2) is 5.82 Å². The lowest BCUT2D eigenvalue weighted by molar-refractivity contribution is 0.00960. The highest BCUT2D eigenvalue weighted by atomic mass is 19.1. The summed E-state index contributed by atoms with van der Waals surface area (Å²) in [7, 11) is 1.77. The Balaban J connectivity index is 1.26. The van der Waals surface area contributed by atoms with Crippen molar-refractivity contribution >= 4 is 17.8 Å². The Labute approximate surface area is 264 Å². The van der Waals surface area contributed by atoms with Gasteiger partial charge in [0.05, 0.1) is 0 Å². The largest absolute Gasteiger partial charge is 0.444 e. The van der Waals surface area contributed by atoms with Gasteiger partial charge in [0.1, 0.15) is 11.4 Å². The van der Waals surface area contributed by atoms with Crippen molar-refractivity contribution in [1.82, 2.24) is 35.3 Å². The third-order valence-electron chi connectivity index (χ3n) is 8.45. The van der Waals surface area contributed by atoms with Crippen LogP contribution in [0.15, 0.2) is 42.5 Å². The van der Waals surface area contributed by atoms with E-state index in [9.17, 15) is 14.0 Å². The van der Waals surface area contributed by atoms with Crippen LogP contribution < -0.4 is 10.6 Å². The van der Waals surface area contributed by atoms with Crippen LogP contribution in [-0.2, 0) is 18.2 Å². The van der Waals surface area contributed by atoms with Gasteiger partial charge in [0.2, 0.25) is 0 Å². The summed E-state index contributed by atoms with van der Waals surface area (Å²) in [6, 6.07) is 12.1. The summed E-state index contributed by atoms with van der Waals surface area (Å²) in [4.78, 5) is 30.6. The average molecular weight is 621 g/mol. The lowest BCUT2D eigenvalue weighted by Crippen LogP contribution is -2.57. The predicted molar refractivity (Wildman–Crippen MR) is 170 cm³/mol. The number of piperidine rings is 2. The average Bonchev–Trinajstić information content (AvgIpc) is 3.40. The Kier molecular flexibility index (Phi) is 10.0. The topological polar surface area (TPSA) is 118 Å². The van der Waals surface area contributed by atoms with Gasteiger partial charge < -0.3 is 25.2 Å². The molecule has 3 atom stereocenters. The summed E-state index contributed by atoms with van der Waals surface area (Å²) >= 11 is 0. The van der Waals surface area contributed by atoms with E-state index in [4.69, 9.17) is 4.74 Å². The third kappa shape index (κ3) is 9.00. The lowest BCUT2D eigenvalue weighted by Gasteiger charge is -2.42. The molecule has 0 aliphatic carbocycles. The number of halogens is 1. The number of rotatable bonds is 7. The zero-order valence-electron chi connectivity index (χ0n) is 26.9. The number of benzene rings is 2. The molecule has 11 nitrogen and oxygen atoms in total. The molecule has 12 heteroatoms. The number of hydrogen-bond acceptors (Lipinski definition) is 7. The van der Waals surface area contributed by atoms with E-state index >= 15 is 0 Å². The second kappa shape index (κ2) is 13.9. The summed E-state index contributed by atoms with van der Waals surface area (Å²) in [6.07, 6.45) is 3.39. The first-order valence-electron chi connectivity index (χ1n) is 15.8. The molecule has 0 bridgehead atoms. The smallest absolute Gasteiger partial charge is 0.410 e. The second-order valence-electron chi connectivity index (χ2n) is 13.5. The molecule has 1 aromatic heterocycles. The van der Waals surface area contributed by atoms with E-state index in [1.807, 2.05) is 58.0 Å². The molecule has 2 N–H and O–H groups in total. The fourth-order valence-corrected chi connectivity index (χ4v) is 6.46. The number of aromatic nitrogens is 4. The van der Waals surface area contributed by atoms with Gasteiger partial charge in [-0.25, -0.2) is 18.7 Å². The zero-order chi connectivity index (χ0) is 32.1. The molecule has 242 valence electrons. The number of likely N-dealkylation sites (tertiary alicyclic amines) is 2. The maximum absolute atomic E-state index is 13.4. The van der Waals surface area contributed by atoms with Crippen LogP contribution >= 0.6 is 0 Å². The third-order valence-corrected chi connectivity index (χ3v) is 8.45. The SMILES string of the molecule is Cc1cc(NC(=O)N[C@@H]2CCN(C(=O)OC(C)(C)C)C[C@H]2CN2CCCC(Cc3ccc(F)cc3)C2)cc(-c2nnnn2C)c1. The molecule has 3 aromatic rings. The monoisotopic (exact) mass is 620 g/mol. The van der Waals surface area contributed by atoms with E-state index in [0.29, 0.717) is 36.9 Å². The van der Waals surface area contributed by atoms with E-state index in [1.54, 1.807) is 16.6 Å². The number of carbonyl (C=O) groups excluding carboxylic acids is 2. The molecule has 3 amide bonds. The minimum atomic E-state index is -0.588. The van der Waals surface area contributed by atoms with Gasteiger partial charge in [-0.1, -0.05) is 12.1 Å². The highest BCUT2D eigenvalue weighted by molar-refractivity contribution is 5.90. The van der Waals surface area contributed by atoms with Crippen molar-refractivity contribution in [3.05, 3.63) is 59.4 Å². The van der Waals surface area contributed by atoms with Crippen molar-refractivity contribution in [2.24, 2.45) is 18.9 Å². The number of anilines is 1. The molecule has 0 radical (unpaired) electrons. The van der Waals surface area contributed by atoms with E-state index in [-0.39, 0.29) is 29.9 Å². The molecule has 45 heavy (non-hydrogen) atoms. The zero-order valence-corrected chi connectivity index (χ0v) is 26.9. The van der Waals surface area contributed by atoms with Crippen LogP contribution in [-0.4, -0.2) is 86.5 Å². The van der Waals surface area contributed by atoms with Crippen LogP contribution in [0.1, 0.15) is 51.2 Å². The van der Waals surface area contributed by atoms with Crippen LogP contribution in [0.3, 0.4) is 0 Å². The van der Waals surface area contributed by atoms with Crippen molar-refractivity contribution in [1.29, 1.82) is 0 Å². The highest BCUT2D eigenvalue weighted by Gasteiger charge is 2.36. The number of nitrogens with zero attached hydrogens (tertiary/aromatic N) is 6. The minimum absolute atomic E-state index is 0.0133. The molecule has 3 heterocycles. The molecule has 0 saturated carbocycles. The van der Waals surface area contributed by atoms with Crippen molar-refractivity contribution in [3.63, 3.8) is 0 Å². The van der Waals surface area contributed by atoms with Gasteiger partial charge in [-0.3, -0.25) is 0 Å². The highest BCUT2D eigenvalue weighted by Crippen LogP contribution is 2.27. The van der Waals surface area contributed by atoms with Crippen molar-refractivity contribution in [2.75, 3.05) is 38.0 Å². The fraction of sp³-hybridized carbons (Fsp3) is 0.545. The summed E-state index contributed by atoms with van der Waals surface area (Å²) in [5.41, 5.74) is 2.97. The Morgan fingerprint density at radius 3 is 2.56 bits per heavy atom. The number of ether oxygens (including phenoxy) is 1. The van der Waals surface area contributed by atoms with Crippen LogP contribution in [0.4, 0.5) is 19.7 Å². The van der Waals surface area contributed by atoms with Crippen molar-refractivity contribution in [3.8, 4) is 11.4 Å². The number of amides is 3. The molecule has 2 saturated heterocycles. The number of carbonyl (C=O) groups is 2. The first-order chi connectivity index (χ1) is 21.4. The molecule has 1 unspecified atom stereocenters. The van der Waals surface area contributed by atoms with Gasteiger partial charge >= 0.3 is 12.1 Å². The first-order valence-corrected chi connectivity index (χ1v) is 15.8. The number of aryl methyl sites for hydroxylation is 2. The Morgan fingerprint density at radius 1 is 1.07 bits per heavy atom. The number of hydrogen-bond donors (Lipinski definition) is 2. The van der Waals surface area contributed by atoms with Crippen LogP contribution in [0.5, 0.6) is 0 Å². The molecule has 2 fully saturated rings. The summed E-state index contributed by atoms with van der Waals surface area (Å²) in [6.45, 7) is 11.2. The Morgan fingerprint density at radius 2 is 1.84 bits per heavy atom. The first kappa shape index (κ1) is 32.3. The quantitative estimate of drug-likeness (QED) is 0.381. The van der Waals surface area contributed by atoms with Gasteiger partial charge in [-0.05, 0) is 118 Å². The van der Waals surface area contributed by atoms with Crippen molar-refractivity contribution in [2.45, 2.75) is 65.0 Å². The van der Waals surface area contributed by atoms with Crippen LogP contribution in [0, 0.1) is 24.6 Å². The molecule has 5 rings (SSSR count). The summed E-state index contributed by atoms with van der Waals surface area (Å²) in [5, 5.41) is 18.0. The maximum atomic E-state index is 13.4. The fourth-order valence-electron chi connectivity index (χ4n) is 6.46. The van der Waals surface area contributed by atoms with Crippen molar-refractivity contribution < 1.29 is 18.7 Å². The van der Waals surface area contributed by atoms with Crippen LogP contribution in [0.25, 0.3) is 11.4 Å².